The molecular formula is C5H10I2NO-. The molecule has 0 saturated heterocycles. The van der Waals surface area contributed by atoms with Gasteiger partial charge in [0.25, 0.3) is 0 Å². The molecule has 0 aromatic heterocycles. The van der Waals surface area contributed by atoms with Crippen LogP contribution in [0.2, 0.25) is 0 Å². The van der Waals surface area contributed by atoms with Gasteiger partial charge in [0.1, 0.15) is 0 Å². The summed E-state index contributed by atoms with van der Waals surface area (Å²) in [6.45, 7) is 2.64. The van der Waals surface area contributed by atoms with Crippen molar-refractivity contribution in [3.63, 3.8) is 0 Å². The summed E-state index contributed by atoms with van der Waals surface area (Å²) in [5, 5.41) is 2.86. The Morgan fingerprint density at radius 2 is 2.44 bits per heavy atom. The van der Waals surface area contributed by atoms with Crippen molar-refractivity contribution < 1.29 is 21.2 Å². The van der Waals surface area contributed by atoms with Gasteiger partial charge in [-0.05, 0) is 0 Å². The van der Waals surface area contributed by atoms with E-state index in [2.05, 4.69) is 34.7 Å². The van der Waals surface area contributed by atoms with Gasteiger partial charge < -0.3 is 0 Å². The molecule has 0 aliphatic heterocycles. The van der Waals surface area contributed by atoms with E-state index in [0.29, 0.717) is 10.5 Å². The normalized spacial score (nSPS) is 13.6. The Kier molecular flexibility index (Phi) is 8.01. The van der Waals surface area contributed by atoms with Crippen molar-refractivity contribution in [2.45, 2.75) is 10.8 Å². The van der Waals surface area contributed by atoms with Crippen LogP contribution in [0, 0.1) is 4.91 Å². The molecule has 0 bridgehead atoms. The Morgan fingerprint density at radius 1 is 1.78 bits per heavy atom. The first-order chi connectivity index (χ1) is 4.31. The monoisotopic (exact) mass is 354 g/mol. The third-order valence-electron chi connectivity index (χ3n) is 0.770. The topological polar surface area (TPSA) is 29.4 Å². The van der Waals surface area contributed by atoms with Gasteiger partial charge in [-0.2, -0.15) is 0 Å². The Morgan fingerprint density at radius 3 is 2.89 bits per heavy atom. The number of halogens is 2. The SMILES string of the molecule is C[C@H](CN=O)[I-]CCI. The van der Waals surface area contributed by atoms with Crippen molar-refractivity contribution >= 4 is 22.6 Å². The van der Waals surface area contributed by atoms with Gasteiger partial charge in [-0.3, -0.25) is 0 Å². The van der Waals surface area contributed by atoms with Crippen LogP contribution in [0.5, 0.6) is 0 Å². The standard InChI is InChI=1S/C5H10I2NO/c1-5(4-8-9)7-3-2-6/h5H,2-4H2,1H3/q-1/t5-/m1/s1. The quantitative estimate of drug-likeness (QED) is 0.342. The minimum atomic E-state index is 0.254. The number of rotatable bonds is 5. The summed E-state index contributed by atoms with van der Waals surface area (Å²) in [7, 11) is 0. The van der Waals surface area contributed by atoms with Crippen LogP contribution in [0.25, 0.3) is 0 Å². The average molecular weight is 354 g/mol. The van der Waals surface area contributed by atoms with Crippen LogP contribution in [-0.2, 0) is 0 Å². The zero-order chi connectivity index (χ0) is 7.11. The van der Waals surface area contributed by atoms with E-state index in [9.17, 15) is 4.91 Å². The second-order valence-corrected chi connectivity index (χ2v) is 6.79. The van der Waals surface area contributed by atoms with Crippen molar-refractivity contribution in [1.29, 1.82) is 0 Å². The van der Waals surface area contributed by atoms with Crippen LogP contribution >= 0.6 is 22.6 Å². The van der Waals surface area contributed by atoms with E-state index in [4.69, 9.17) is 0 Å². The van der Waals surface area contributed by atoms with Gasteiger partial charge in [-0.1, -0.05) is 0 Å². The molecule has 0 unspecified atom stereocenters. The van der Waals surface area contributed by atoms with E-state index in [0.717, 1.165) is 0 Å². The van der Waals surface area contributed by atoms with Crippen LogP contribution in [0.1, 0.15) is 6.92 Å². The van der Waals surface area contributed by atoms with Gasteiger partial charge in [-0.15, -0.1) is 0 Å². The fourth-order valence-electron chi connectivity index (χ4n) is 0.379. The van der Waals surface area contributed by atoms with E-state index < -0.39 is 0 Å². The van der Waals surface area contributed by atoms with Gasteiger partial charge in [0, 0.05) is 0 Å². The molecule has 0 aliphatic rings. The summed E-state index contributed by atoms with van der Waals surface area (Å²) in [5.74, 6) is 0. The van der Waals surface area contributed by atoms with Gasteiger partial charge in [0.15, 0.2) is 0 Å². The predicted octanol–water partition coefficient (Wildman–Crippen LogP) is -1.33. The molecule has 4 heteroatoms. The Hall–Kier alpha value is 1.06. The van der Waals surface area contributed by atoms with Gasteiger partial charge >= 0.3 is 80.1 Å². The number of alkyl halides is 3. The maximum absolute atomic E-state index is 9.74. The Labute approximate surface area is 79.5 Å². The molecule has 0 heterocycles. The molecule has 9 heavy (non-hydrogen) atoms. The first kappa shape index (κ1) is 10.1. The zero-order valence-electron chi connectivity index (χ0n) is 5.31. The van der Waals surface area contributed by atoms with Gasteiger partial charge in [0.05, 0.1) is 0 Å². The molecule has 0 aliphatic carbocycles. The average Bonchev–Trinajstić information content (AvgIpc) is 1.85. The van der Waals surface area contributed by atoms with Crippen LogP contribution in [0.15, 0.2) is 5.18 Å². The summed E-state index contributed by atoms with van der Waals surface area (Å²) >= 11 is 2.62. The molecule has 1 atom stereocenters. The fraction of sp³-hybridized carbons (Fsp3) is 1.00. The third kappa shape index (κ3) is 6.95. The Balaban J connectivity index is 3.04. The van der Waals surface area contributed by atoms with Crippen LogP contribution in [0.3, 0.4) is 0 Å². The van der Waals surface area contributed by atoms with Crippen LogP contribution in [-0.4, -0.2) is 19.3 Å². The molecule has 0 aromatic carbocycles. The van der Waals surface area contributed by atoms with E-state index in [1.807, 2.05) is 0 Å². The summed E-state index contributed by atoms with van der Waals surface area (Å²) in [5.41, 5.74) is 0. The van der Waals surface area contributed by atoms with Crippen molar-refractivity contribution in [3.05, 3.63) is 4.91 Å². The minimum absolute atomic E-state index is 0.254. The Bertz CT molecular complexity index is 79.4. The van der Waals surface area contributed by atoms with E-state index in [1.165, 1.54) is 8.86 Å². The van der Waals surface area contributed by atoms with E-state index >= 15 is 0 Å². The summed E-state index contributed by atoms with van der Waals surface area (Å²) < 4.78 is 3.14. The number of nitroso groups, excluding NO2 is 1. The van der Waals surface area contributed by atoms with Crippen LogP contribution in [0.4, 0.5) is 0 Å². The van der Waals surface area contributed by atoms with Crippen molar-refractivity contribution in [3.8, 4) is 0 Å². The first-order valence-corrected chi connectivity index (χ1v) is 7.03. The molecule has 0 aromatic rings. The summed E-state index contributed by atoms with van der Waals surface area (Å²) in [6.07, 6.45) is 0. The van der Waals surface area contributed by atoms with Gasteiger partial charge in [-0.25, -0.2) is 0 Å². The molecular weight excluding hydrogens is 344 g/mol. The zero-order valence-corrected chi connectivity index (χ0v) is 9.63. The molecule has 0 N–H and O–H groups in total. The van der Waals surface area contributed by atoms with Gasteiger partial charge in [0.2, 0.25) is 0 Å². The summed E-state index contributed by atoms with van der Waals surface area (Å²) in [4.78, 5) is 9.74. The second-order valence-electron chi connectivity index (χ2n) is 1.62. The van der Waals surface area contributed by atoms with Crippen molar-refractivity contribution in [2.24, 2.45) is 5.18 Å². The molecule has 0 radical (unpaired) electrons. The molecule has 0 fully saturated rings. The molecule has 2 nitrogen and oxygen atoms in total. The third-order valence-corrected chi connectivity index (χ3v) is 6.43. The van der Waals surface area contributed by atoms with Crippen LogP contribution < -0.4 is 21.2 Å². The molecule has 0 amide bonds. The molecule has 0 spiro atoms. The van der Waals surface area contributed by atoms with E-state index in [1.54, 1.807) is 0 Å². The molecule has 0 saturated carbocycles. The molecule has 56 valence electrons. The fourth-order valence-corrected chi connectivity index (χ4v) is 3.70. The first-order valence-electron chi connectivity index (χ1n) is 2.74. The maximum atomic E-state index is 9.74. The van der Waals surface area contributed by atoms with Crippen molar-refractivity contribution in [2.75, 3.05) is 15.4 Å². The number of nitrogens with zero attached hydrogens (tertiary/aromatic N) is 1. The number of hydrogen-bond acceptors (Lipinski definition) is 2. The second kappa shape index (κ2) is 7.17. The van der Waals surface area contributed by atoms with Crippen molar-refractivity contribution in [1.82, 2.24) is 0 Å². The van der Waals surface area contributed by atoms with E-state index in [-0.39, 0.29) is 21.2 Å². The predicted molar refractivity (Wildman–Crippen MR) is 43.9 cm³/mol. The number of hydrogen-bond donors (Lipinski definition) is 0. The molecule has 0 rings (SSSR count). The summed E-state index contributed by atoms with van der Waals surface area (Å²) in [6, 6.07) is 0.